The number of rotatable bonds is 5. The number of hydrogen-bond donors (Lipinski definition) is 3. The molecule has 27 heavy (non-hydrogen) atoms. The van der Waals surface area contributed by atoms with Gasteiger partial charge in [-0.1, -0.05) is 0 Å². The molecule has 1 aromatic carbocycles. The summed E-state index contributed by atoms with van der Waals surface area (Å²) >= 11 is 0. The SMILES string of the molecule is Cc1cc(NS(C)(=O)=O)n(-c2cc(S(=O)(=O)O)ccc2S(=O)(=O)O)n1.[Mt].[Mt]. The fourth-order valence-corrected chi connectivity index (χ4v) is 3.66. The van der Waals surface area contributed by atoms with E-state index < -0.39 is 45.7 Å². The normalized spacial score (nSPS) is 12.0. The average Bonchev–Trinajstić information content (AvgIpc) is 2.74. The zero-order valence-corrected chi connectivity index (χ0v) is 29.8. The minimum atomic E-state index is -4.81. The number of aromatic nitrogens is 2. The van der Waals surface area contributed by atoms with Crippen molar-refractivity contribution in [1.29, 1.82) is 0 Å². The topological polar surface area (TPSA) is 173 Å². The second-order valence-electron chi connectivity index (χ2n) is 5.04. The van der Waals surface area contributed by atoms with Crippen LogP contribution in [0.3, 0.4) is 0 Å². The molecule has 16 heteroatoms. The molecule has 11 nitrogen and oxygen atoms in total. The van der Waals surface area contributed by atoms with Gasteiger partial charge in [0.25, 0.3) is 20.2 Å². The van der Waals surface area contributed by atoms with Gasteiger partial charge in [0.2, 0.25) is 10.0 Å². The van der Waals surface area contributed by atoms with E-state index in [0.717, 1.165) is 29.1 Å². The fourth-order valence-electron chi connectivity index (χ4n) is 1.99. The van der Waals surface area contributed by atoms with E-state index in [1.165, 1.54) is 13.0 Å². The quantitative estimate of drug-likeness (QED) is 0.351. The molecule has 0 spiro atoms. The Labute approximate surface area is 143 Å². The summed E-state index contributed by atoms with van der Waals surface area (Å²) in [7, 11) is -13.3. The first-order valence-electron chi connectivity index (χ1n) is 6.32. The molecule has 3 N–H and O–H groups in total. The predicted molar refractivity (Wildman–Crippen MR) is 86.4 cm³/mol. The molecule has 0 amide bonds. The first-order chi connectivity index (χ1) is 11.2. The summed E-state index contributed by atoms with van der Waals surface area (Å²) in [6, 6.07) is 3.50. The molecule has 0 bridgehead atoms. The monoisotopic (exact) mass is 967 g/mol. The average molecular weight is 967 g/mol. The van der Waals surface area contributed by atoms with Gasteiger partial charge in [-0.25, -0.2) is 13.1 Å². The van der Waals surface area contributed by atoms with Gasteiger partial charge in [0.1, 0.15) is 10.7 Å². The van der Waals surface area contributed by atoms with Crippen LogP contribution in [0, 0.1) is 6.92 Å². The standard InChI is InChI=1S/C11H13N3O8S3.2Mt/c1-7-5-11(13-23(2,15)16)14(12-7)9-6-8(24(17,18)19)3-4-10(9)25(20,21)22;;/h3-6,13H,1-2H3,(H,17,18,19)(H,20,21,22);;. The molecule has 0 unspecified atom stereocenters. The van der Waals surface area contributed by atoms with E-state index in [-0.39, 0.29) is 11.5 Å². The minimum Gasteiger partial charge on any atom is -0.282 e. The molecule has 0 aliphatic heterocycles. The van der Waals surface area contributed by atoms with Crippen molar-refractivity contribution in [2.24, 2.45) is 0 Å². The minimum absolute atomic E-state index is 0. The van der Waals surface area contributed by atoms with E-state index in [9.17, 15) is 29.8 Å². The van der Waals surface area contributed by atoms with Crippen molar-refractivity contribution < 1.29 is 34.4 Å². The Hall–Kier alpha value is -4.00. The Balaban J connectivity index is 0.00000338. The molecule has 2 rings (SSSR count). The third kappa shape index (κ3) is 4.99. The molecule has 1 heterocycles. The summed E-state index contributed by atoms with van der Waals surface area (Å²) in [5.41, 5.74) is -0.207. The van der Waals surface area contributed by atoms with Crippen molar-refractivity contribution in [3.63, 3.8) is 0 Å². The van der Waals surface area contributed by atoms with E-state index in [0.29, 0.717) is 0 Å². The van der Waals surface area contributed by atoms with Crippen LogP contribution in [0.4, 0.5) is 5.82 Å². The molecule has 0 saturated carbocycles. The molecule has 0 aliphatic rings. The van der Waals surface area contributed by atoms with Crippen LogP contribution in [-0.4, -0.2) is 50.4 Å². The Bertz CT molecular complexity index is 1160. The van der Waals surface area contributed by atoms with Gasteiger partial charge >= 0.3 is 0 Å². The molecule has 0 fully saturated rings. The van der Waals surface area contributed by atoms with Crippen molar-refractivity contribution >= 4 is 36.1 Å². The number of aryl methyl sites for hydroxylation is 1. The van der Waals surface area contributed by atoms with Crippen LogP contribution < -0.4 is 4.72 Å². The number of anilines is 1. The van der Waals surface area contributed by atoms with Crippen molar-refractivity contribution in [3.8, 4) is 5.69 Å². The van der Waals surface area contributed by atoms with Gasteiger partial charge in [0.15, 0.2) is 0 Å². The van der Waals surface area contributed by atoms with Crippen LogP contribution in [0.1, 0.15) is 5.69 Å². The van der Waals surface area contributed by atoms with Crippen molar-refractivity contribution in [2.75, 3.05) is 11.0 Å². The van der Waals surface area contributed by atoms with Crippen LogP contribution in [0.2, 0.25) is 0 Å². The molecular weight excluding hydrogens is 954 g/mol. The first kappa shape index (κ1) is 23.0. The van der Waals surface area contributed by atoms with Gasteiger partial charge < -0.3 is 0 Å². The summed E-state index contributed by atoms with van der Waals surface area (Å²) in [6.07, 6.45) is 0.845. The Morgan fingerprint density at radius 3 is 1.96 bits per heavy atom. The van der Waals surface area contributed by atoms with Crippen LogP contribution in [0.5, 0.6) is 0 Å². The Morgan fingerprint density at radius 2 is 1.52 bits per heavy atom. The Morgan fingerprint density at radius 1 is 0.963 bits per heavy atom. The predicted octanol–water partition coefficient (Wildman–Crippen LogP) is 0.0456. The number of hydrogen-bond acceptors (Lipinski definition) is 7. The number of nitrogens with one attached hydrogen (secondary N) is 1. The number of sulfonamides is 1. The molecule has 2 aromatic rings. The summed E-state index contributed by atoms with van der Waals surface area (Å²) in [5.74, 6) is -0.197. The van der Waals surface area contributed by atoms with E-state index in [4.69, 9.17) is 4.55 Å². The summed E-state index contributed by atoms with van der Waals surface area (Å²) in [4.78, 5) is -1.41. The van der Waals surface area contributed by atoms with Crippen LogP contribution in [0.25, 0.3) is 5.69 Å². The number of nitrogens with zero attached hydrogens (tertiary/aromatic N) is 2. The van der Waals surface area contributed by atoms with Crippen LogP contribution in [0.15, 0.2) is 34.1 Å². The van der Waals surface area contributed by atoms with E-state index >= 15 is 0 Å². The third-order valence-electron chi connectivity index (χ3n) is 2.86. The molecule has 0 radical (unpaired) electrons. The molecular formula is C11H13Mt2N3O8S3. The van der Waals surface area contributed by atoms with Crippen molar-refractivity contribution in [1.82, 2.24) is 9.78 Å². The zero-order chi connectivity index (χ0) is 19.2. The second kappa shape index (κ2) is 6.72. The molecule has 0 aliphatic carbocycles. The summed E-state index contributed by atoms with van der Waals surface area (Å²) in [6.45, 7) is 1.48. The van der Waals surface area contributed by atoms with Gasteiger partial charge in [0.05, 0.1) is 22.5 Å². The van der Waals surface area contributed by atoms with Crippen molar-refractivity contribution in [3.05, 3.63) is 30.0 Å². The molecule has 0 saturated heterocycles. The molecule has 0 atom stereocenters. The van der Waals surface area contributed by atoms with Gasteiger partial charge in [-0.05, 0) is 25.1 Å². The maximum atomic E-state index is 11.6. The van der Waals surface area contributed by atoms with Crippen molar-refractivity contribution in [2.45, 2.75) is 16.7 Å². The van der Waals surface area contributed by atoms with Crippen LogP contribution >= 0.6 is 0 Å². The number of benzene rings is 1. The zero-order valence-electron chi connectivity index (χ0n) is 14.2. The maximum Gasteiger partial charge on any atom is 0.296 e. The van der Waals surface area contributed by atoms with Gasteiger partial charge in [0, 0.05) is 6.07 Å². The van der Waals surface area contributed by atoms with Gasteiger partial charge in [-0.2, -0.15) is 21.9 Å². The molecule has 1 aromatic heterocycles. The first-order valence-corrected chi connectivity index (χ1v) is 11.1. The van der Waals surface area contributed by atoms with Gasteiger partial charge in [-0.15, -0.1) is 0 Å². The Kier molecular flexibility index (Phi) is 5.72. The fraction of sp³-hybridized carbons (Fsp3) is 0.182. The van der Waals surface area contributed by atoms with E-state index in [2.05, 4.69) is 9.82 Å². The summed E-state index contributed by atoms with van der Waals surface area (Å²) in [5, 5.41) is 3.90. The third-order valence-corrected chi connectivity index (χ3v) is 5.19. The van der Waals surface area contributed by atoms with Crippen LogP contribution in [-0.2, 0) is 30.3 Å². The van der Waals surface area contributed by atoms with E-state index in [1.54, 1.807) is 0 Å². The largest absolute Gasteiger partial charge is 0.296 e. The summed E-state index contributed by atoms with van der Waals surface area (Å²) < 4.78 is 89.9. The second-order valence-corrected chi connectivity index (χ2v) is 9.60. The molecule has 142 valence electrons. The maximum absolute atomic E-state index is 11.6. The van der Waals surface area contributed by atoms with Gasteiger partial charge in [-0.3, -0.25) is 13.8 Å². The smallest absolute Gasteiger partial charge is 0.282 e. The van der Waals surface area contributed by atoms with E-state index in [1.807, 2.05) is 0 Å².